The van der Waals surface area contributed by atoms with Crippen molar-refractivity contribution in [3.8, 4) is 11.5 Å². The first-order chi connectivity index (χ1) is 9.33. The van der Waals surface area contributed by atoms with E-state index in [1.165, 1.54) is 24.8 Å². The number of ether oxygens (including phenoxy) is 2. The zero-order chi connectivity index (χ0) is 13.5. The van der Waals surface area contributed by atoms with Gasteiger partial charge in [-0.3, -0.25) is 0 Å². The molecule has 3 nitrogen and oxygen atoms in total. The molecule has 1 fully saturated rings. The van der Waals surface area contributed by atoms with Crippen LogP contribution in [-0.2, 0) is 6.42 Å². The van der Waals surface area contributed by atoms with Crippen LogP contribution in [0.5, 0.6) is 11.5 Å². The van der Waals surface area contributed by atoms with Crippen molar-refractivity contribution < 1.29 is 9.47 Å². The molecule has 0 aliphatic carbocycles. The highest BCUT2D eigenvalue weighted by molar-refractivity contribution is 5.43. The van der Waals surface area contributed by atoms with Crippen LogP contribution in [0.3, 0.4) is 0 Å². The molecule has 106 valence electrons. The van der Waals surface area contributed by atoms with Crippen LogP contribution in [0.1, 0.15) is 38.7 Å². The molecule has 1 aliphatic rings. The molecule has 1 unspecified atom stereocenters. The molecule has 1 atom stereocenters. The topological polar surface area (TPSA) is 30.5 Å². The fourth-order valence-corrected chi connectivity index (χ4v) is 2.61. The van der Waals surface area contributed by atoms with Gasteiger partial charge in [0.25, 0.3) is 0 Å². The fraction of sp³-hybridized carbons (Fsp3) is 0.625. The summed E-state index contributed by atoms with van der Waals surface area (Å²) in [5.74, 6) is 1.72. The van der Waals surface area contributed by atoms with Crippen molar-refractivity contribution in [3.63, 3.8) is 0 Å². The summed E-state index contributed by atoms with van der Waals surface area (Å²) >= 11 is 0. The molecule has 1 aromatic rings. The Hall–Kier alpha value is -1.22. The van der Waals surface area contributed by atoms with E-state index in [4.69, 9.17) is 9.47 Å². The smallest absolute Gasteiger partial charge is 0.161 e. The molecular weight excluding hydrogens is 238 g/mol. The normalized spacial score (nSPS) is 19.2. The summed E-state index contributed by atoms with van der Waals surface area (Å²) in [5.41, 5.74) is 1.33. The Bertz CT molecular complexity index is 386. The van der Waals surface area contributed by atoms with Crippen LogP contribution in [-0.4, -0.2) is 25.8 Å². The molecule has 0 radical (unpaired) electrons. The summed E-state index contributed by atoms with van der Waals surface area (Å²) in [7, 11) is 0. The van der Waals surface area contributed by atoms with E-state index in [1.807, 2.05) is 19.9 Å². The summed E-state index contributed by atoms with van der Waals surface area (Å²) in [6.45, 7) is 6.50. The third-order valence-electron chi connectivity index (χ3n) is 3.50. The zero-order valence-electron chi connectivity index (χ0n) is 12.1. The maximum atomic E-state index is 5.67. The Morgan fingerprint density at radius 1 is 1.11 bits per heavy atom. The predicted octanol–water partition coefficient (Wildman–Crippen LogP) is 3.17. The van der Waals surface area contributed by atoms with Crippen molar-refractivity contribution in [3.05, 3.63) is 23.8 Å². The number of nitrogens with one attached hydrogen (secondary N) is 1. The van der Waals surface area contributed by atoms with Crippen molar-refractivity contribution in [2.45, 2.75) is 45.6 Å². The Kier molecular flexibility index (Phi) is 5.52. The SMILES string of the molecule is CCOc1ccc(CC2CCCCN2)cc1OCC. The van der Waals surface area contributed by atoms with E-state index in [0.717, 1.165) is 24.5 Å². The average molecular weight is 263 g/mol. The highest BCUT2D eigenvalue weighted by Gasteiger charge is 2.14. The maximum absolute atomic E-state index is 5.67. The molecule has 1 saturated heterocycles. The van der Waals surface area contributed by atoms with E-state index in [1.54, 1.807) is 0 Å². The summed E-state index contributed by atoms with van der Waals surface area (Å²) in [5, 5.41) is 3.59. The lowest BCUT2D eigenvalue weighted by Crippen LogP contribution is -2.35. The van der Waals surface area contributed by atoms with E-state index >= 15 is 0 Å². The van der Waals surface area contributed by atoms with Gasteiger partial charge in [0, 0.05) is 6.04 Å². The molecule has 0 saturated carbocycles. The van der Waals surface area contributed by atoms with Crippen LogP contribution in [0, 0.1) is 0 Å². The lowest BCUT2D eigenvalue weighted by Gasteiger charge is -2.23. The summed E-state index contributed by atoms with van der Waals surface area (Å²) < 4.78 is 11.3. The molecule has 0 bridgehead atoms. The van der Waals surface area contributed by atoms with Gasteiger partial charge in [0.1, 0.15) is 0 Å². The highest BCUT2D eigenvalue weighted by Crippen LogP contribution is 2.29. The second kappa shape index (κ2) is 7.39. The van der Waals surface area contributed by atoms with Crippen molar-refractivity contribution in [1.29, 1.82) is 0 Å². The molecule has 1 aliphatic heterocycles. The average Bonchev–Trinajstić information content (AvgIpc) is 2.43. The third kappa shape index (κ3) is 4.13. The first kappa shape index (κ1) is 14.2. The van der Waals surface area contributed by atoms with Gasteiger partial charge in [-0.15, -0.1) is 0 Å². The van der Waals surface area contributed by atoms with Crippen LogP contribution < -0.4 is 14.8 Å². The number of hydrogen-bond donors (Lipinski definition) is 1. The molecule has 2 rings (SSSR count). The standard InChI is InChI=1S/C16H25NO2/c1-3-18-15-9-8-13(12-16(15)19-4-2)11-14-7-5-6-10-17-14/h8-9,12,14,17H,3-7,10-11H2,1-2H3. The lowest BCUT2D eigenvalue weighted by molar-refractivity contribution is 0.287. The molecule has 1 N–H and O–H groups in total. The Morgan fingerprint density at radius 3 is 2.58 bits per heavy atom. The van der Waals surface area contributed by atoms with Crippen LogP contribution in [0.25, 0.3) is 0 Å². The van der Waals surface area contributed by atoms with Crippen LogP contribution in [0.4, 0.5) is 0 Å². The molecule has 1 aromatic carbocycles. The Morgan fingerprint density at radius 2 is 1.89 bits per heavy atom. The van der Waals surface area contributed by atoms with Crippen LogP contribution in [0.15, 0.2) is 18.2 Å². The van der Waals surface area contributed by atoms with E-state index in [-0.39, 0.29) is 0 Å². The minimum atomic E-state index is 0.612. The molecule has 0 amide bonds. The number of piperidine rings is 1. The van der Waals surface area contributed by atoms with E-state index in [2.05, 4.69) is 17.4 Å². The second-order valence-electron chi connectivity index (χ2n) is 5.00. The first-order valence-corrected chi connectivity index (χ1v) is 7.45. The molecule has 19 heavy (non-hydrogen) atoms. The van der Waals surface area contributed by atoms with Gasteiger partial charge in [0.2, 0.25) is 0 Å². The van der Waals surface area contributed by atoms with Crippen LogP contribution in [0.2, 0.25) is 0 Å². The van der Waals surface area contributed by atoms with Gasteiger partial charge in [-0.25, -0.2) is 0 Å². The van der Waals surface area contributed by atoms with E-state index < -0.39 is 0 Å². The monoisotopic (exact) mass is 263 g/mol. The molecular formula is C16H25NO2. The lowest BCUT2D eigenvalue weighted by atomic mass is 9.97. The largest absolute Gasteiger partial charge is 0.490 e. The summed E-state index contributed by atoms with van der Waals surface area (Å²) in [6.07, 6.45) is 5.00. The number of rotatable bonds is 6. The Balaban J connectivity index is 2.05. The van der Waals surface area contributed by atoms with Crippen molar-refractivity contribution in [1.82, 2.24) is 5.32 Å². The van der Waals surface area contributed by atoms with Crippen molar-refractivity contribution in [2.24, 2.45) is 0 Å². The van der Waals surface area contributed by atoms with Gasteiger partial charge in [0.05, 0.1) is 13.2 Å². The zero-order valence-corrected chi connectivity index (χ0v) is 12.1. The quantitative estimate of drug-likeness (QED) is 0.855. The molecule has 3 heteroatoms. The highest BCUT2D eigenvalue weighted by atomic mass is 16.5. The summed E-state index contributed by atoms with van der Waals surface area (Å²) in [4.78, 5) is 0. The predicted molar refractivity (Wildman–Crippen MR) is 78.1 cm³/mol. The van der Waals surface area contributed by atoms with Crippen molar-refractivity contribution in [2.75, 3.05) is 19.8 Å². The summed E-state index contributed by atoms with van der Waals surface area (Å²) in [6, 6.07) is 6.93. The minimum absolute atomic E-state index is 0.612. The van der Waals surface area contributed by atoms with Gasteiger partial charge in [-0.05, 0) is 57.4 Å². The minimum Gasteiger partial charge on any atom is -0.490 e. The van der Waals surface area contributed by atoms with Gasteiger partial charge >= 0.3 is 0 Å². The molecule has 0 spiro atoms. The third-order valence-corrected chi connectivity index (χ3v) is 3.50. The van der Waals surface area contributed by atoms with Gasteiger partial charge < -0.3 is 14.8 Å². The fourth-order valence-electron chi connectivity index (χ4n) is 2.61. The number of benzene rings is 1. The van der Waals surface area contributed by atoms with Gasteiger partial charge in [-0.2, -0.15) is 0 Å². The van der Waals surface area contributed by atoms with Gasteiger partial charge in [-0.1, -0.05) is 12.5 Å². The molecule has 1 heterocycles. The maximum Gasteiger partial charge on any atom is 0.161 e. The first-order valence-electron chi connectivity index (χ1n) is 7.45. The molecule has 0 aromatic heterocycles. The van der Waals surface area contributed by atoms with E-state index in [0.29, 0.717) is 19.3 Å². The Labute approximate surface area is 116 Å². The van der Waals surface area contributed by atoms with Gasteiger partial charge in [0.15, 0.2) is 11.5 Å². The van der Waals surface area contributed by atoms with Crippen molar-refractivity contribution >= 4 is 0 Å². The van der Waals surface area contributed by atoms with Crippen LogP contribution >= 0.6 is 0 Å². The number of hydrogen-bond acceptors (Lipinski definition) is 3. The van der Waals surface area contributed by atoms with E-state index in [9.17, 15) is 0 Å². The second-order valence-corrected chi connectivity index (χ2v) is 5.00.